The first-order valence-electron chi connectivity index (χ1n) is 10.8. The molecule has 7 aliphatic rings. The maximum absolute atomic E-state index is 5.33. The summed E-state index contributed by atoms with van der Waals surface area (Å²) in [5, 5.41) is 3.58. The Labute approximate surface area is 155 Å². The maximum atomic E-state index is 5.33. The van der Waals surface area contributed by atoms with E-state index >= 15 is 0 Å². The van der Waals surface area contributed by atoms with Crippen molar-refractivity contribution in [3.05, 3.63) is 23.8 Å². The van der Waals surface area contributed by atoms with E-state index in [1.165, 1.54) is 62.2 Å². The molecule has 4 nitrogen and oxygen atoms in total. The number of hydrogen-bond donors (Lipinski definition) is 2. The molecule has 7 rings (SSSR count). The topological polar surface area (TPSA) is 53.6 Å². The second-order valence-electron chi connectivity index (χ2n) is 9.75. The average molecular weight is 351 g/mol. The van der Waals surface area contributed by atoms with Crippen LogP contribution in [0.25, 0.3) is 11.4 Å². The number of fused-ring (bicyclic) bond motifs is 1. The molecular weight excluding hydrogens is 320 g/mol. The zero-order valence-electron chi connectivity index (χ0n) is 15.7. The van der Waals surface area contributed by atoms with Gasteiger partial charge in [-0.05, 0) is 88.2 Å². The van der Waals surface area contributed by atoms with Crippen LogP contribution in [0.2, 0.25) is 0 Å². The fraction of sp³-hybridized carbons (Fsp3) is 0.727. The number of rotatable bonds is 2. The number of piperidine rings is 1. The molecule has 26 heavy (non-hydrogen) atoms. The van der Waals surface area contributed by atoms with Gasteiger partial charge >= 0.3 is 0 Å². The smallest absolute Gasteiger partial charge is 0.110 e. The molecule has 0 radical (unpaired) electrons. The second-order valence-corrected chi connectivity index (χ2v) is 9.75. The summed E-state index contributed by atoms with van der Waals surface area (Å²) in [4.78, 5) is 13.7. The Hall–Kier alpha value is -1.42. The minimum absolute atomic E-state index is 0.557. The van der Waals surface area contributed by atoms with Crippen molar-refractivity contribution >= 4 is 0 Å². The summed E-state index contributed by atoms with van der Waals surface area (Å²) >= 11 is 0. The molecule has 0 aromatic carbocycles. The Kier molecular flexibility index (Phi) is 3.48. The number of aromatic nitrogens is 3. The van der Waals surface area contributed by atoms with Gasteiger partial charge < -0.3 is 10.3 Å². The van der Waals surface area contributed by atoms with Crippen molar-refractivity contribution in [2.75, 3.05) is 6.54 Å². The molecular formula is C22H30N4. The van der Waals surface area contributed by atoms with Gasteiger partial charge in [-0.1, -0.05) is 0 Å². The van der Waals surface area contributed by atoms with Crippen molar-refractivity contribution in [3.8, 4) is 11.4 Å². The van der Waals surface area contributed by atoms with E-state index < -0.39 is 0 Å². The Bertz CT molecular complexity index is 752. The quantitative estimate of drug-likeness (QED) is 0.849. The third-order valence-electron chi connectivity index (χ3n) is 8.00. The van der Waals surface area contributed by atoms with Gasteiger partial charge in [0.2, 0.25) is 0 Å². The Morgan fingerprint density at radius 3 is 2.50 bits per heavy atom. The maximum Gasteiger partial charge on any atom is 0.110 e. The molecule has 1 saturated heterocycles. The molecule has 4 heteroatoms. The molecule has 5 fully saturated rings. The molecule has 2 N–H and O–H groups in total. The fourth-order valence-electron chi connectivity index (χ4n) is 7.17. The van der Waals surface area contributed by atoms with E-state index in [4.69, 9.17) is 9.97 Å². The average Bonchev–Trinajstić information content (AvgIpc) is 3.09. The first-order chi connectivity index (χ1) is 12.7. The third kappa shape index (κ3) is 2.37. The Morgan fingerprint density at radius 1 is 1.00 bits per heavy atom. The predicted octanol–water partition coefficient (Wildman–Crippen LogP) is 4.30. The van der Waals surface area contributed by atoms with Crippen LogP contribution in [0.15, 0.2) is 12.3 Å². The summed E-state index contributed by atoms with van der Waals surface area (Å²) in [6.07, 6.45) is 11.6. The van der Waals surface area contributed by atoms with Gasteiger partial charge in [0.1, 0.15) is 11.5 Å². The van der Waals surface area contributed by atoms with Crippen molar-refractivity contribution in [3.63, 3.8) is 0 Å². The molecule has 4 saturated carbocycles. The van der Waals surface area contributed by atoms with E-state index in [1.807, 2.05) is 6.20 Å². The van der Waals surface area contributed by atoms with Gasteiger partial charge in [-0.3, -0.25) is 4.98 Å². The summed E-state index contributed by atoms with van der Waals surface area (Å²) in [5.41, 5.74) is 3.72. The van der Waals surface area contributed by atoms with Gasteiger partial charge in [0.05, 0.1) is 11.4 Å². The fourth-order valence-corrected chi connectivity index (χ4v) is 7.17. The normalized spacial score (nSPS) is 41.8. The molecule has 3 heterocycles. The minimum Gasteiger partial charge on any atom is -0.342 e. The van der Waals surface area contributed by atoms with Crippen molar-refractivity contribution < 1.29 is 0 Å². The lowest BCUT2D eigenvalue weighted by Gasteiger charge is -2.54. The summed E-state index contributed by atoms with van der Waals surface area (Å²) < 4.78 is 0. The Balaban J connectivity index is 1.42. The SMILES string of the molecule is CC1CC(c2nc(C3C4CC5CC(C4)CC3C5)c3nccc-3[nH]2)CCN1. The van der Waals surface area contributed by atoms with Crippen LogP contribution < -0.4 is 5.32 Å². The van der Waals surface area contributed by atoms with Gasteiger partial charge in [0.15, 0.2) is 0 Å². The van der Waals surface area contributed by atoms with Crippen LogP contribution in [0, 0.1) is 23.7 Å². The highest BCUT2D eigenvalue weighted by molar-refractivity contribution is 5.60. The second kappa shape index (κ2) is 5.79. The third-order valence-corrected chi connectivity index (χ3v) is 8.00. The summed E-state index contributed by atoms with van der Waals surface area (Å²) in [6, 6.07) is 2.74. The molecule has 0 amide bonds. The van der Waals surface area contributed by atoms with Crippen LogP contribution in [0.1, 0.15) is 75.2 Å². The van der Waals surface area contributed by atoms with Crippen LogP contribution in [-0.4, -0.2) is 27.5 Å². The monoisotopic (exact) mass is 350 g/mol. The van der Waals surface area contributed by atoms with Crippen LogP contribution >= 0.6 is 0 Å². The molecule has 2 unspecified atom stereocenters. The zero-order valence-corrected chi connectivity index (χ0v) is 15.7. The highest BCUT2D eigenvalue weighted by Gasteiger charge is 2.50. The molecule has 2 atom stereocenters. The highest BCUT2D eigenvalue weighted by Crippen LogP contribution is 2.60. The Morgan fingerprint density at radius 2 is 1.77 bits per heavy atom. The van der Waals surface area contributed by atoms with Crippen LogP contribution in [0.3, 0.4) is 0 Å². The van der Waals surface area contributed by atoms with Crippen LogP contribution in [0.5, 0.6) is 0 Å². The van der Waals surface area contributed by atoms with E-state index in [0.717, 1.165) is 35.9 Å². The van der Waals surface area contributed by atoms with Crippen LogP contribution in [-0.2, 0) is 0 Å². The van der Waals surface area contributed by atoms with E-state index in [-0.39, 0.29) is 0 Å². The largest absolute Gasteiger partial charge is 0.342 e. The van der Waals surface area contributed by atoms with Crippen molar-refractivity contribution in [1.29, 1.82) is 0 Å². The molecule has 0 spiro atoms. The lowest BCUT2D eigenvalue weighted by Crippen LogP contribution is -2.44. The number of nitrogens with zero attached hydrogens (tertiary/aromatic N) is 2. The first kappa shape index (κ1) is 15.6. The van der Waals surface area contributed by atoms with Crippen molar-refractivity contribution in [1.82, 2.24) is 20.3 Å². The van der Waals surface area contributed by atoms with Crippen LogP contribution in [0.4, 0.5) is 0 Å². The standard InChI is InChI=1S/C22H30N4/c1-12-6-15(2-4-23-12)22-25-18-3-5-24-20(18)21(26-22)19-16-8-13-7-14(10-16)11-17(19)9-13/h3,5,12-17,19,23H,2,4,6-11H2,1H3,(H,25,26). The minimum atomic E-state index is 0.557. The van der Waals surface area contributed by atoms with Gasteiger partial charge in [0.25, 0.3) is 0 Å². The van der Waals surface area contributed by atoms with Gasteiger partial charge in [0, 0.05) is 24.1 Å². The van der Waals surface area contributed by atoms with Crippen molar-refractivity contribution in [2.24, 2.45) is 23.7 Å². The molecule has 138 valence electrons. The molecule has 4 bridgehead atoms. The summed E-state index contributed by atoms with van der Waals surface area (Å²) in [7, 11) is 0. The lowest BCUT2D eigenvalue weighted by atomic mass is 9.51. The van der Waals surface area contributed by atoms with Gasteiger partial charge in [-0.25, -0.2) is 4.98 Å². The number of hydrogen-bond acceptors (Lipinski definition) is 3. The van der Waals surface area contributed by atoms with E-state index in [0.29, 0.717) is 17.9 Å². The molecule has 3 aliphatic heterocycles. The summed E-state index contributed by atoms with van der Waals surface area (Å²) in [6.45, 7) is 3.40. The van der Waals surface area contributed by atoms with Gasteiger partial charge in [-0.15, -0.1) is 0 Å². The van der Waals surface area contributed by atoms with Gasteiger partial charge in [-0.2, -0.15) is 0 Å². The predicted molar refractivity (Wildman–Crippen MR) is 102 cm³/mol. The molecule has 4 aliphatic carbocycles. The molecule has 0 aromatic heterocycles. The first-order valence-corrected chi connectivity index (χ1v) is 10.8. The van der Waals surface area contributed by atoms with E-state index in [9.17, 15) is 0 Å². The lowest BCUT2D eigenvalue weighted by molar-refractivity contribution is -0.00418. The van der Waals surface area contributed by atoms with E-state index in [1.54, 1.807) is 0 Å². The number of aromatic amines is 1. The summed E-state index contributed by atoms with van der Waals surface area (Å²) in [5.74, 6) is 6.19. The van der Waals surface area contributed by atoms with E-state index in [2.05, 4.69) is 23.3 Å². The number of nitrogens with one attached hydrogen (secondary N) is 2. The zero-order chi connectivity index (χ0) is 17.3. The molecule has 0 aromatic rings. The van der Waals surface area contributed by atoms with Crippen molar-refractivity contribution in [2.45, 2.75) is 69.7 Å². The highest BCUT2D eigenvalue weighted by atomic mass is 15.0. The number of H-pyrrole nitrogens is 1.